The molecule has 0 aliphatic carbocycles. The van der Waals surface area contributed by atoms with Crippen molar-refractivity contribution in [3.63, 3.8) is 0 Å². The van der Waals surface area contributed by atoms with Crippen molar-refractivity contribution in [1.29, 1.82) is 0 Å². The maximum absolute atomic E-state index is 2.73. The molecule has 11 heavy (non-hydrogen) atoms. The molecule has 2 atom stereocenters. The summed E-state index contributed by atoms with van der Waals surface area (Å²) < 4.78 is 0. The van der Waals surface area contributed by atoms with Gasteiger partial charge in [-0.1, -0.05) is 13.3 Å². The fraction of sp³-hybridized carbons (Fsp3) is 1.00. The maximum atomic E-state index is 2.73. The summed E-state index contributed by atoms with van der Waals surface area (Å²) in [5.41, 5.74) is 0.689. The lowest BCUT2D eigenvalue weighted by atomic mass is 9.76. The monoisotopic (exact) mass is 153 g/mol. The second-order valence-electron chi connectivity index (χ2n) is 4.32. The van der Waals surface area contributed by atoms with Gasteiger partial charge < -0.3 is 0 Å². The van der Waals surface area contributed by atoms with Gasteiger partial charge in [-0.2, -0.15) is 0 Å². The predicted octanol–water partition coefficient (Wildman–Crippen LogP) is 2.41. The Morgan fingerprint density at radius 2 is 2.36 bits per heavy atom. The third kappa shape index (κ3) is 0.936. The van der Waals surface area contributed by atoms with Crippen molar-refractivity contribution in [2.75, 3.05) is 6.54 Å². The van der Waals surface area contributed by atoms with E-state index in [0.717, 1.165) is 6.04 Å². The summed E-state index contributed by atoms with van der Waals surface area (Å²) >= 11 is 0. The van der Waals surface area contributed by atoms with Gasteiger partial charge in [-0.25, -0.2) is 0 Å². The first kappa shape index (κ1) is 7.60. The van der Waals surface area contributed by atoms with E-state index in [9.17, 15) is 0 Å². The fourth-order valence-corrected chi connectivity index (χ4v) is 3.25. The number of fused-ring (bicyclic) bond motifs is 1. The minimum atomic E-state index is 0.689. The van der Waals surface area contributed by atoms with Crippen LogP contribution < -0.4 is 0 Å². The first-order valence-corrected chi connectivity index (χ1v) is 5.05. The zero-order chi connectivity index (χ0) is 7.90. The van der Waals surface area contributed by atoms with Gasteiger partial charge in [0.05, 0.1) is 0 Å². The summed E-state index contributed by atoms with van der Waals surface area (Å²) in [6.07, 6.45) is 7.21. The van der Waals surface area contributed by atoms with Crippen molar-refractivity contribution >= 4 is 0 Å². The smallest absolute Gasteiger partial charge is 0.0227 e. The predicted molar refractivity (Wildman–Crippen MR) is 47.7 cm³/mol. The molecule has 1 heteroatoms. The Kier molecular flexibility index (Phi) is 1.71. The maximum Gasteiger partial charge on any atom is 0.0227 e. The largest absolute Gasteiger partial charge is 0.295 e. The SMILES string of the molecule is CCC[C@@]12CCCN1[C@@H](C)C2. The van der Waals surface area contributed by atoms with Crippen LogP contribution >= 0.6 is 0 Å². The summed E-state index contributed by atoms with van der Waals surface area (Å²) in [5, 5.41) is 0. The second-order valence-corrected chi connectivity index (χ2v) is 4.32. The molecule has 0 amide bonds. The number of hydrogen-bond acceptors (Lipinski definition) is 1. The van der Waals surface area contributed by atoms with Crippen LogP contribution in [0, 0.1) is 0 Å². The number of rotatable bonds is 2. The molecule has 2 rings (SSSR count). The van der Waals surface area contributed by atoms with Gasteiger partial charge in [0, 0.05) is 11.6 Å². The second kappa shape index (κ2) is 2.48. The van der Waals surface area contributed by atoms with E-state index in [2.05, 4.69) is 18.7 Å². The Labute approximate surface area is 69.8 Å². The minimum Gasteiger partial charge on any atom is -0.295 e. The van der Waals surface area contributed by atoms with Crippen molar-refractivity contribution in [3.8, 4) is 0 Å². The Balaban J connectivity index is 2.03. The van der Waals surface area contributed by atoms with E-state index in [-0.39, 0.29) is 0 Å². The highest BCUT2D eigenvalue weighted by molar-refractivity contribution is 5.07. The molecule has 2 heterocycles. The highest BCUT2D eigenvalue weighted by Gasteiger charge is 2.51. The molecule has 0 aromatic rings. The van der Waals surface area contributed by atoms with Crippen LogP contribution in [0.25, 0.3) is 0 Å². The number of nitrogens with zero attached hydrogens (tertiary/aromatic N) is 1. The van der Waals surface area contributed by atoms with E-state index in [1.54, 1.807) is 0 Å². The zero-order valence-corrected chi connectivity index (χ0v) is 7.77. The van der Waals surface area contributed by atoms with Gasteiger partial charge >= 0.3 is 0 Å². The molecule has 0 N–H and O–H groups in total. The molecule has 0 aromatic heterocycles. The summed E-state index contributed by atoms with van der Waals surface area (Å²) in [6, 6.07) is 0.893. The third-order valence-electron chi connectivity index (χ3n) is 3.57. The lowest BCUT2D eigenvalue weighted by molar-refractivity contribution is -0.0353. The molecular formula is C10H19N. The van der Waals surface area contributed by atoms with Crippen LogP contribution in [-0.2, 0) is 0 Å². The van der Waals surface area contributed by atoms with Crippen LogP contribution in [0.2, 0.25) is 0 Å². The van der Waals surface area contributed by atoms with Crippen LogP contribution in [0.1, 0.15) is 46.0 Å². The first-order valence-electron chi connectivity index (χ1n) is 5.05. The normalized spacial score (nSPS) is 43.6. The molecule has 0 bridgehead atoms. The Morgan fingerprint density at radius 3 is 3.00 bits per heavy atom. The molecular weight excluding hydrogens is 134 g/mol. The molecule has 0 radical (unpaired) electrons. The van der Waals surface area contributed by atoms with Gasteiger partial charge in [-0.3, -0.25) is 4.90 Å². The zero-order valence-electron chi connectivity index (χ0n) is 7.77. The molecule has 0 saturated carbocycles. The third-order valence-corrected chi connectivity index (χ3v) is 3.57. The molecule has 2 saturated heterocycles. The number of hydrogen-bond donors (Lipinski definition) is 0. The van der Waals surface area contributed by atoms with Crippen molar-refractivity contribution in [2.45, 2.75) is 57.5 Å². The fourth-order valence-electron chi connectivity index (χ4n) is 3.25. The van der Waals surface area contributed by atoms with Gasteiger partial charge in [0.15, 0.2) is 0 Å². The van der Waals surface area contributed by atoms with Gasteiger partial charge in [-0.05, 0) is 39.2 Å². The summed E-state index contributed by atoms with van der Waals surface area (Å²) in [5.74, 6) is 0. The molecule has 64 valence electrons. The highest BCUT2D eigenvalue weighted by Crippen LogP contribution is 2.47. The van der Waals surface area contributed by atoms with Gasteiger partial charge in [0.1, 0.15) is 0 Å². The van der Waals surface area contributed by atoms with Crippen LogP contribution in [-0.4, -0.2) is 23.0 Å². The van der Waals surface area contributed by atoms with Gasteiger partial charge in [-0.15, -0.1) is 0 Å². The average molecular weight is 153 g/mol. The van der Waals surface area contributed by atoms with E-state index in [4.69, 9.17) is 0 Å². The van der Waals surface area contributed by atoms with Crippen LogP contribution in [0.4, 0.5) is 0 Å². The van der Waals surface area contributed by atoms with Crippen LogP contribution in [0.3, 0.4) is 0 Å². The highest BCUT2D eigenvalue weighted by atomic mass is 15.3. The molecule has 0 unspecified atom stereocenters. The van der Waals surface area contributed by atoms with E-state index in [1.807, 2.05) is 0 Å². The molecule has 2 fully saturated rings. The lowest BCUT2D eigenvalue weighted by Crippen LogP contribution is -2.60. The first-order chi connectivity index (χ1) is 5.28. The van der Waals surface area contributed by atoms with E-state index >= 15 is 0 Å². The lowest BCUT2D eigenvalue weighted by Gasteiger charge is -2.54. The molecule has 0 spiro atoms. The standard InChI is InChI=1S/C10H19N/c1-3-5-10-6-4-7-11(10)9(2)8-10/h9H,3-8H2,1-2H3/t9-,10-/m0/s1. The van der Waals surface area contributed by atoms with Gasteiger partial charge in [0.2, 0.25) is 0 Å². The Bertz CT molecular complexity index is 151. The molecule has 2 aliphatic rings. The Hall–Kier alpha value is -0.0400. The van der Waals surface area contributed by atoms with Crippen molar-refractivity contribution < 1.29 is 0 Å². The topological polar surface area (TPSA) is 3.24 Å². The molecule has 2 aliphatic heterocycles. The van der Waals surface area contributed by atoms with E-state index < -0.39 is 0 Å². The van der Waals surface area contributed by atoms with E-state index in [1.165, 1.54) is 38.6 Å². The van der Waals surface area contributed by atoms with Crippen LogP contribution in [0.15, 0.2) is 0 Å². The quantitative estimate of drug-likeness (QED) is 0.589. The average Bonchev–Trinajstić information content (AvgIpc) is 2.27. The molecule has 0 aromatic carbocycles. The minimum absolute atomic E-state index is 0.689. The van der Waals surface area contributed by atoms with Crippen molar-refractivity contribution in [2.24, 2.45) is 0 Å². The van der Waals surface area contributed by atoms with Crippen molar-refractivity contribution in [1.82, 2.24) is 4.90 Å². The summed E-state index contributed by atoms with van der Waals surface area (Å²) in [7, 11) is 0. The van der Waals surface area contributed by atoms with E-state index in [0.29, 0.717) is 5.54 Å². The van der Waals surface area contributed by atoms with Gasteiger partial charge in [0.25, 0.3) is 0 Å². The van der Waals surface area contributed by atoms with Crippen LogP contribution in [0.5, 0.6) is 0 Å². The Morgan fingerprint density at radius 1 is 1.55 bits per heavy atom. The van der Waals surface area contributed by atoms with Crippen molar-refractivity contribution in [3.05, 3.63) is 0 Å². The summed E-state index contributed by atoms with van der Waals surface area (Å²) in [4.78, 5) is 2.73. The molecule has 1 nitrogen and oxygen atoms in total. The summed E-state index contributed by atoms with van der Waals surface area (Å²) in [6.45, 7) is 6.06.